The minimum Gasteiger partial charge on any atom is -0.482 e. The van der Waals surface area contributed by atoms with Gasteiger partial charge in [0.15, 0.2) is 12.4 Å². The van der Waals surface area contributed by atoms with Gasteiger partial charge in [0.05, 0.1) is 5.69 Å². The molecule has 1 aromatic carbocycles. The van der Waals surface area contributed by atoms with Gasteiger partial charge >= 0.3 is 0 Å². The fourth-order valence-electron chi connectivity index (χ4n) is 1.79. The lowest BCUT2D eigenvalue weighted by Crippen LogP contribution is -2.35. The van der Waals surface area contributed by atoms with Crippen LogP contribution in [0.3, 0.4) is 0 Å². The summed E-state index contributed by atoms with van der Waals surface area (Å²) in [6, 6.07) is 5.03. The van der Waals surface area contributed by atoms with Crippen LogP contribution >= 0.6 is 0 Å². The minimum atomic E-state index is -0.185. The van der Waals surface area contributed by atoms with E-state index in [9.17, 15) is 9.59 Å². The minimum absolute atomic E-state index is 0.0604. The van der Waals surface area contributed by atoms with E-state index >= 15 is 0 Å². The third kappa shape index (κ3) is 5.45. The molecule has 0 aromatic heterocycles. The van der Waals surface area contributed by atoms with Crippen LogP contribution in [0, 0.1) is 0 Å². The molecule has 0 aliphatic carbocycles. The van der Waals surface area contributed by atoms with Gasteiger partial charge in [-0.05, 0) is 38.0 Å². The Balaban J connectivity index is 2.61. The molecule has 0 saturated carbocycles. The molecule has 0 bridgehead atoms. The van der Waals surface area contributed by atoms with E-state index < -0.39 is 0 Å². The second-order valence-corrected chi connectivity index (χ2v) is 5.09. The maximum atomic E-state index is 11.8. The van der Waals surface area contributed by atoms with Crippen molar-refractivity contribution in [1.29, 1.82) is 0 Å². The number of nitrogens with two attached hydrogens (primary N) is 1. The highest BCUT2D eigenvalue weighted by Gasteiger charge is 2.10. The van der Waals surface area contributed by atoms with Crippen molar-refractivity contribution in [2.45, 2.75) is 46.1 Å². The van der Waals surface area contributed by atoms with E-state index in [-0.39, 0.29) is 24.3 Å². The molecule has 0 radical (unpaired) electrons. The average molecular weight is 292 g/mol. The maximum absolute atomic E-state index is 11.8. The van der Waals surface area contributed by atoms with Gasteiger partial charge in [-0.1, -0.05) is 13.8 Å². The Bertz CT molecular complexity index is 500. The maximum Gasteiger partial charge on any atom is 0.258 e. The molecule has 116 valence electrons. The number of nitrogens with one attached hydrogen (secondary N) is 1. The van der Waals surface area contributed by atoms with Crippen molar-refractivity contribution in [1.82, 2.24) is 5.32 Å². The van der Waals surface area contributed by atoms with E-state index in [0.717, 1.165) is 12.8 Å². The molecule has 21 heavy (non-hydrogen) atoms. The van der Waals surface area contributed by atoms with Crippen molar-refractivity contribution in [3.8, 4) is 5.75 Å². The summed E-state index contributed by atoms with van der Waals surface area (Å²) in [5.74, 6) is 0.294. The number of ether oxygens (including phenoxy) is 1. The largest absolute Gasteiger partial charge is 0.482 e. The highest BCUT2D eigenvalue weighted by molar-refractivity contribution is 5.97. The van der Waals surface area contributed by atoms with E-state index in [1.165, 1.54) is 0 Å². The number of hydrogen-bond donors (Lipinski definition) is 2. The van der Waals surface area contributed by atoms with Crippen molar-refractivity contribution in [2.24, 2.45) is 0 Å². The summed E-state index contributed by atoms with van der Waals surface area (Å²) in [6.07, 6.45) is 2.16. The van der Waals surface area contributed by atoms with Gasteiger partial charge in [0.2, 0.25) is 0 Å². The molecule has 3 N–H and O–H groups in total. The normalized spacial score (nSPS) is 11.8. The van der Waals surface area contributed by atoms with Gasteiger partial charge in [0.1, 0.15) is 5.75 Å². The van der Waals surface area contributed by atoms with Crippen LogP contribution in [0.5, 0.6) is 5.75 Å². The quantitative estimate of drug-likeness (QED) is 0.570. The molecule has 0 saturated heterocycles. The smallest absolute Gasteiger partial charge is 0.258 e. The highest BCUT2D eigenvalue weighted by atomic mass is 16.5. The summed E-state index contributed by atoms with van der Waals surface area (Å²) in [7, 11) is 0. The Labute approximate surface area is 125 Å². The average Bonchev–Trinajstić information content (AvgIpc) is 2.46. The highest BCUT2D eigenvalue weighted by Crippen LogP contribution is 2.23. The second kappa shape index (κ2) is 8.29. The van der Waals surface area contributed by atoms with E-state index in [4.69, 9.17) is 10.5 Å². The van der Waals surface area contributed by atoms with E-state index in [2.05, 4.69) is 5.32 Å². The first kappa shape index (κ1) is 17.0. The molecule has 0 spiro atoms. The van der Waals surface area contributed by atoms with Gasteiger partial charge in [0.25, 0.3) is 5.91 Å². The summed E-state index contributed by atoms with van der Waals surface area (Å²) in [4.78, 5) is 23.4. The number of benzene rings is 1. The lowest BCUT2D eigenvalue weighted by Gasteiger charge is -2.13. The topological polar surface area (TPSA) is 81.4 Å². The van der Waals surface area contributed by atoms with E-state index in [1.807, 2.05) is 20.8 Å². The van der Waals surface area contributed by atoms with Crippen LogP contribution in [0.15, 0.2) is 18.2 Å². The Kier molecular flexibility index (Phi) is 6.72. The summed E-state index contributed by atoms with van der Waals surface area (Å²) in [6.45, 7) is 5.79. The molecule has 1 rings (SSSR count). The van der Waals surface area contributed by atoms with Gasteiger partial charge in [0, 0.05) is 18.0 Å². The predicted octanol–water partition coefficient (Wildman–Crippen LogP) is 2.55. The Morgan fingerprint density at radius 2 is 2.05 bits per heavy atom. The molecule has 0 heterocycles. The van der Waals surface area contributed by atoms with Gasteiger partial charge in [-0.25, -0.2) is 0 Å². The molecule has 0 aliphatic heterocycles. The number of rotatable bonds is 8. The second-order valence-electron chi connectivity index (χ2n) is 5.09. The number of ketones is 1. The molecule has 1 aromatic rings. The third-order valence-corrected chi connectivity index (χ3v) is 3.19. The number of amides is 1. The standard InChI is InChI=1S/C16H24N2O3/c1-4-6-14(19)12-7-8-15(13(17)9-12)21-10-16(20)18-11(3)5-2/h7-9,11H,4-6,10,17H2,1-3H3,(H,18,20). The van der Waals surface area contributed by atoms with Crippen LogP contribution in [0.25, 0.3) is 0 Å². The predicted molar refractivity (Wildman–Crippen MR) is 83.5 cm³/mol. The molecule has 1 amide bonds. The number of Topliss-reactive ketones (excluding diaryl/α,β-unsaturated/α-hetero) is 1. The fraction of sp³-hybridized carbons (Fsp3) is 0.500. The number of carbonyl (C=O) groups is 2. The number of carbonyl (C=O) groups excluding carboxylic acids is 2. The summed E-state index contributed by atoms with van der Waals surface area (Å²) in [5.41, 5.74) is 6.80. The molecule has 0 fully saturated rings. The Hall–Kier alpha value is -2.04. The fourth-order valence-corrected chi connectivity index (χ4v) is 1.79. The number of nitrogen functional groups attached to an aromatic ring is 1. The van der Waals surface area contributed by atoms with Crippen LogP contribution < -0.4 is 15.8 Å². The van der Waals surface area contributed by atoms with Crippen LogP contribution in [-0.4, -0.2) is 24.3 Å². The monoisotopic (exact) mass is 292 g/mol. The van der Waals surface area contributed by atoms with Gasteiger partial charge in [-0.3, -0.25) is 9.59 Å². The van der Waals surface area contributed by atoms with Crippen molar-refractivity contribution >= 4 is 17.4 Å². The van der Waals surface area contributed by atoms with Crippen LogP contribution in [0.2, 0.25) is 0 Å². The molecule has 1 atom stereocenters. The lowest BCUT2D eigenvalue weighted by atomic mass is 10.1. The molecular weight excluding hydrogens is 268 g/mol. The van der Waals surface area contributed by atoms with Gasteiger partial charge in [-0.15, -0.1) is 0 Å². The summed E-state index contributed by atoms with van der Waals surface area (Å²) < 4.78 is 5.39. The van der Waals surface area contributed by atoms with E-state index in [0.29, 0.717) is 23.4 Å². The van der Waals surface area contributed by atoms with Crippen molar-refractivity contribution < 1.29 is 14.3 Å². The molecule has 5 heteroatoms. The molecule has 0 aliphatic rings. The lowest BCUT2D eigenvalue weighted by molar-refractivity contribution is -0.123. The zero-order valence-corrected chi connectivity index (χ0v) is 12.9. The van der Waals surface area contributed by atoms with Crippen molar-refractivity contribution in [3.63, 3.8) is 0 Å². The Morgan fingerprint density at radius 3 is 2.62 bits per heavy atom. The molecule has 5 nitrogen and oxygen atoms in total. The zero-order chi connectivity index (χ0) is 15.8. The first-order valence-electron chi connectivity index (χ1n) is 7.32. The van der Waals surface area contributed by atoms with E-state index in [1.54, 1.807) is 18.2 Å². The third-order valence-electron chi connectivity index (χ3n) is 3.19. The number of anilines is 1. The van der Waals surface area contributed by atoms with Crippen LogP contribution in [0.1, 0.15) is 50.4 Å². The summed E-state index contributed by atoms with van der Waals surface area (Å²) >= 11 is 0. The first-order valence-corrected chi connectivity index (χ1v) is 7.32. The summed E-state index contributed by atoms with van der Waals surface area (Å²) in [5, 5.41) is 2.81. The van der Waals surface area contributed by atoms with Crippen molar-refractivity contribution in [2.75, 3.05) is 12.3 Å². The molecular formula is C16H24N2O3. The molecule has 1 unspecified atom stereocenters. The van der Waals surface area contributed by atoms with Crippen LogP contribution in [0.4, 0.5) is 5.69 Å². The van der Waals surface area contributed by atoms with Crippen molar-refractivity contribution in [3.05, 3.63) is 23.8 Å². The number of hydrogen-bond acceptors (Lipinski definition) is 4. The van der Waals surface area contributed by atoms with Crippen LogP contribution in [-0.2, 0) is 4.79 Å². The van der Waals surface area contributed by atoms with Gasteiger partial charge < -0.3 is 15.8 Å². The Morgan fingerprint density at radius 1 is 1.33 bits per heavy atom. The zero-order valence-electron chi connectivity index (χ0n) is 12.9. The SMILES string of the molecule is CCCC(=O)c1ccc(OCC(=O)NC(C)CC)c(N)c1. The first-order chi connectivity index (χ1) is 9.97. The van der Waals surface area contributed by atoms with Gasteiger partial charge in [-0.2, -0.15) is 0 Å².